The predicted octanol–water partition coefficient (Wildman–Crippen LogP) is 3.11. The van der Waals surface area contributed by atoms with E-state index in [1.165, 1.54) is 17.3 Å². The molecule has 2 aromatic rings. The summed E-state index contributed by atoms with van der Waals surface area (Å²) in [6.45, 7) is 3.84. The van der Waals surface area contributed by atoms with Crippen LogP contribution in [0.1, 0.15) is 46.9 Å². The number of aromatic nitrogens is 2. The van der Waals surface area contributed by atoms with Gasteiger partial charge in [-0.05, 0) is 38.7 Å². The van der Waals surface area contributed by atoms with Crippen LogP contribution in [0.25, 0.3) is 0 Å². The van der Waals surface area contributed by atoms with Crippen molar-refractivity contribution >= 4 is 17.6 Å². The number of nitrogens with one attached hydrogen (secondary N) is 1. The lowest BCUT2D eigenvalue weighted by molar-refractivity contribution is 0.0524. The first-order valence-corrected chi connectivity index (χ1v) is 8.10. The van der Waals surface area contributed by atoms with E-state index in [9.17, 15) is 4.79 Å². The highest BCUT2D eigenvalue weighted by Crippen LogP contribution is 2.21. The van der Waals surface area contributed by atoms with Gasteiger partial charge >= 0.3 is 5.97 Å². The fourth-order valence-corrected chi connectivity index (χ4v) is 2.76. The number of ether oxygens (including phenoxy) is 1. The number of nitrogens with zero attached hydrogens (tertiary/aromatic N) is 3. The zero-order chi connectivity index (χ0) is 16.9. The van der Waals surface area contributed by atoms with E-state index in [1.807, 2.05) is 6.07 Å². The molecule has 0 atom stereocenters. The highest BCUT2D eigenvalue weighted by molar-refractivity contribution is 6.03. The van der Waals surface area contributed by atoms with Crippen molar-refractivity contribution in [2.24, 2.45) is 5.10 Å². The Bertz CT molecular complexity index is 786. The molecule has 1 aliphatic rings. The second kappa shape index (κ2) is 7.21. The van der Waals surface area contributed by atoms with Crippen LogP contribution < -0.4 is 5.43 Å². The van der Waals surface area contributed by atoms with Gasteiger partial charge in [0.05, 0.1) is 23.6 Å². The average Bonchev–Trinajstić information content (AvgIpc) is 2.60. The Morgan fingerprint density at radius 2 is 2.17 bits per heavy atom. The highest BCUT2D eigenvalue weighted by atomic mass is 16.5. The molecule has 124 valence electrons. The third-order valence-corrected chi connectivity index (χ3v) is 3.95. The molecule has 0 amide bonds. The Labute approximate surface area is 141 Å². The van der Waals surface area contributed by atoms with Gasteiger partial charge in [0, 0.05) is 11.8 Å². The molecule has 1 aromatic heterocycles. The number of benzene rings is 1. The van der Waals surface area contributed by atoms with Crippen molar-refractivity contribution in [3.05, 3.63) is 52.8 Å². The number of hydrazone groups is 1. The number of aryl methyl sites for hydroxylation is 2. The largest absolute Gasteiger partial charge is 0.462 e. The minimum Gasteiger partial charge on any atom is -0.462 e. The third-order valence-electron chi connectivity index (χ3n) is 3.95. The van der Waals surface area contributed by atoms with E-state index in [1.54, 1.807) is 13.8 Å². The molecule has 1 aromatic carbocycles. The van der Waals surface area contributed by atoms with E-state index >= 15 is 0 Å². The first kappa shape index (κ1) is 16.1. The monoisotopic (exact) mass is 324 g/mol. The predicted molar refractivity (Wildman–Crippen MR) is 92.3 cm³/mol. The van der Waals surface area contributed by atoms with Crippen LogP contribution in [0.15, 0.2) is 35.6 Å². The normalized spacial score (nSPS) is 15.0. The Balaban J connectivity index is 1.78. The molecule has 3 rings (SSSR count). The van der Waals surface area contributed by atoms with Gasteiger partial charge in [0.2, 0.25) is 5.95 Å². The summed E-state index contributed by atoms with van der Waals surface area (Å²) in [5, 5.41) is 4.47. The van der Waals surface area contributed by atoms with Crippen molar-refractivity contribution in [1.82, 2.24) is 9.97 Å². The number of hydrogen-bond donors (Lipinski definition) is 1. The van der Waals surface area contributed by atoms with Gasteiger partial charge in [-0.1, -0.05) is 24.3 Å². The topological polar surface area (TPSA) is 76.5 Å². The number of carbonyl (C=O) groups excluding carboxylic acids is 1. The van der Waals surface area contributed by atoms with E-state index in [0.29, 0.717) is 23.8 Å². The third kappa shape index (κ3) is 3.42. The molecule has 0 saturated carbocycles. The molecule has 24 heavy (non-hydrogen) atoms. The molecule has 1 aliphatic carbocycles. The van der Waals surface area contributed by atoms with Gasteiger partial charge in [-0.2, -0.15) is 5.10 Å². The fraction of sp³-hybridized carbons (Fsp3) is 0.333. The first-order chi connectivity index (χ1) is 11.7. The van der Waals surface area contributed by atoms with Crippen molar-refractivity contribution in [3.63, 3.8) is 0 Å². The minimum absolute atomic E-state index is 0.325. The average molecular weight is 324 g/mol. The molecule has 1 heterocycles. The smallest absolute Gasteiger partial charge is 0.341 e. The van der Waals surface area contributed by atoms with Crippen LogP contribution in [0.2, 0.25) is 0 Å². The summed E-state index contributed by atoms with van der Waals surface area (Å²) in [6, 6.07) is 8.30. The van der Waals surface area contributed by atoms with E-state index in [4.69, 9.17) is 4.74 Å². The first-order valence-electron chi connectivity index (χ1n) is 8.10. The maximum Gasteiger partial charge on any atom is 0.341 e. The zero-order valence-electron chi connectivity index (χ0n) is 13.9. The van der Waals surface area contributed by atoms with Crippen LogP contribution in [-0.4, -0.2) is 28.3 Å². The summed E-state index contributed by atoms with van der Waals surface area (Å²) in [5.41, 5.74) is 7.35. The van der Waals surface area contributed by atoms with Gasteiger partial charge < -0.3 is 4.74 Å². The van der Waals surface area contributed by atoms with E-state index < -0.39 is 5.97 Å². The van der Waals surface area contributed by atoms with E-state index in [2.05, 4.69) is 38.7 Å². The van der Waals surface area contributed by atoms with E-state index in [-0.39, 0.29) is 0 Å². The summed E-state index contributed by atoms with van der Waals surface area (Å²) in [5.74, 6) is -0.0369. The van der Waals surface area contributed by atoms with Crippen molar-refractivity contribution in [3.8, 4) is 0 Å². The molecule has 6 heteroatoms. The molecule has 0 saturated heterocycles. The maximum absolute atomic E-state index is 11.8. The molecule has 0 radical (unpaired) electrons. The lowest BCUT2D eigenvalue weighted by atomic mass is 9.90. The summed E-state index contributed by atoms with van der Waals surface area (Å²) in [6.07, 6.45) is 4.56. The number of hydrogen-bond acceptors (Lipinski definition) is 6. The van der Waals surface area contributed by atoms with Crippen LogP contribution in [-0.2, 0) is 11.2 Å². The van der Waals surface area contributed by atoms with Crippen LogP contribution in [0.5, 0.6) is 0 Å². The molecule has 1 N–H and O–H groups in total. The van der Waals surface area contributed by atoms with Crippen molar-refractivity contribution < 1.29 is 9.53 Å². The summed E-state index contributed by atoms with van der Waals surface area (Å²) >= 11 is 0. The molecule has 0 unspecified atom stereocenters. The lowest BCUT2D eigenvalue weighted by Gasteiger charge is -2.17. The van der Waals surface area contributed by atoms with E-state index in [0.717, 1.165) is 25.0 Å². The standard InChI is InChI=1S/C18H20N4O2/c1-3-24-17(23)15-11-19-18(20-12(15)2)22-21-16-10-6-8-13-7-4-5-9-14(13)16/h4-5,7,9,11H,3,6,8,10H2,1-2H3,(H,19,20,22)/b21-16-. The van der Waals surface area contributed by atoms with Crippen LogP contribution >= 0.6 is 0 Å². The van der Waals surface area contributed by atoms with Gasteiger partial charge in [-0.15, -0.1) is 0 Å². The number of esters is 1. The Morgan fingerprint density at radius 3 is 2.96 bits per heavy atom. The molecule has 0 aliphatic heterocycles. The number of fused-ring (bicyclic) bond motifs is 1. The Kier molecular flexibility index (Phi) is 4.84. The molecular weight excluding hydrogens is 304 g/mol. The van der Waals surface area contributed by atoms with Crippen molar-refractivity contribution in [1.29, 1.82) is 0 Å². The summed E-state index contributed by atoms with van der Waals surface area (Å²) in [7, 11) is 0. The highest BCUT2D eigenvalue weighted by Gasteiger charge is 2.15. The lowest BCUT2D eigenvalue weighted by Crippen LogP contribution is -2.14. The fourth-order valence-electron chi connectivity index (χ4n) is 2.76. The Hall–Kier alpha value is -2.76. The summed E-state index contributed by atoms with van der Waals surface area (Å²) in [4.78, 5) is 20.2. The second-order valence-corrected chi connectivity index (χ2v) is 5.59. The quantitative estimate of drug-likeness (QED) is 0.691. The van der Waals surface area contributed by atoms with Gasteiger partial charge in [0.1, 0.15) is 0 Å². The molecule has 0 bridgehead atoms. The molecule has 0 fully saturated rings. The molecule has 6 nitrogen and oxygen atoms in total. The number of anilines is 1. The maximum atomic E-state index is 11.8. The van der Waals surface area contributed by atoms with Gasteiger partial charge in [-0.25, -0.2) is 20.2 Å². The van der Waals surface area contributed by atoms with Gasteiger partial charge in [0.25, 0.3) is 0 Å². The number of rotatable bonds is 4. The van der Waals surface area contributed by atoms with Crippen LogP contribution in [0.4, 0.5) is 5.95 Å². The molecular formula is C18H20N4O2. The molecule has 0 spiro atoms. The number of carbonyl (C=O) groups is 1. The van der Waals surface area contributed by atoms with Crippen molar-refractivity contribution in [2.45, 2.75) is 33.1 Å². The van der Waals surface area contributed by atoms with Crippen LogP contribution in [0.3, 0.4) is 0 Å². The van der Waals surface area contributed by atoms with Crippen molar-refractivity contribution in [2.75, 3.05) is 12.0 Å². The van der Waals surface area contributed by atoms with Gasteiger partial charge in [0.15, 0.2) is 0 Å². The minimum atomic E-state index is -0.408. The SMILES string of the molecule is CCOC(=O)c1cnc(N/N=C2/CCCc3ccccc32)nc1C. The second-order valence-electron chi connectivity index (χ2n) is 5.59. The zero-order valence-corrected chi connectivity index (χ0v) is 13.9. The van der Waals surface area contributed by atoms with Crippen LogP contribution in [0, 0.1) is 6.92 Å². The Morgan fingerprint density at radius 1 is 1.33 bits per heavy atom. The summed E-state index contributed by atoms with van der Waals surface area (Å²) < 4.78 is 4.98. The van der Waals surface area contributed by atoms with Gasteiger partial charge in [-0.3, -0.25) is 0 Å².